The number of benzene rings is 1. The molecule has 1 aromatic rings. The van der Waals surface area contributed by atoms with Crippen LogP contribution in [-0.4, -0.2) is 89.8 Å². The average Bonchev–Trinajstić information content (AvgIpc) is 3.52. The molecule has 6 heteroatoms. The Balaban J connectivity index is 1.28. The average molecular weight is 443 g/mol. The summed E-state index contributed by atoms with van der Waals surface area (Å²) in [6, 6.07) is 8.51. The number of likely N-dealkylation sites (tertiary alicyclic amines) is 2. The van der Waals surface area contributed by atoms with Crippen molar-refractivity contribution >= 4 is 11.6 Å². The number of rotatable bonds is 7. The lowest BCUT2D eigenvalue weighted by molar-refractivity contribution is -0.129. The van der Waals surface area contributed by atoms with Gasteiger partial charge >= 0.3 is 0 Å². The molecule has 1 amide bonds. The zero-order chi connectivity index (χ0) is 22.8. The van der Waals surface area contributed by atoms with Crippen molar-refractivity contribution < 1.29 is 9.90 Å². The molecular formula is C26H42N4O2. The third kappa shape index (κ3) is 5.13. The maximum absolute atomic E-state index is 11.6. The Kier molecular flexibility index (Phi) is 7.43. The molecular weight excluding hydrogens is 400 g/mol. The van der Waals surface area contributed by atoms with Gasteiger partial charge in [-0.15, -0.1) is 0 Å². The summed E-state index contributed by atoms with van der Waals surface area (Å²) in [4.78, 5) is 20.8. The number of nitrogens with zero attached hydrogens (tertiary/aromatic N) is 4. The Hall–Kier alpha value is -1.63. The van der Waals surface area contributed by atoms with Gasteiger partial charge < -0.3 is 14.9 Å². The molecule has 6 nitrogen and oxygen atoms in total. The summed E-state index contributed by atoms with van der Waals surface area (Å²) < 4.78 is 0. The largest absolute Gasteiger partial charge is 0.378 e. The zero-order valence-electron chi connectivity index (χ0n) is 20.5. The number of aliphatic hydroxyl groups is 1. The molecule has 3 saturated heterocycles. The van der Waals surface area contributed by atoms with Gasteiger partial charge in [-0.25, -0.2) is 0 Å². The number of hydrogen-bond donors (Lipinski definition) is 1. The van der Waals surface area contributed by atoms with E-state index in [0.717, 1.165) is 51.5 Å². The molecule has 0 aromatic heterocycles. The molecule has 4 atom stereocenters. The van der Waals surface area contributed by atoms with Crippen molar-refractivity contribution in [1.29, 1.82) is 0 Å². The molecule has 3 aliphatic rings. The van der Waals surface area contributed by atoms with Crippen LogP contribution >= 0.6 is 0 Å². The molecule has 3 heterocycles. The maximum atomic E-state index is 11.6. The van der Waals surface area contributed by atoms with Gasteiger partial charge in [0.05, 0.1) is 0 Å². The van der Waals surface area contributed by atoms with E-state index < -0.39 is 6.23 Å². The Morgan fingerprint density at radius 2 is 2.00 bits per heavy atom. The number of amides is 1. The minimum atomic E-state index is -0.442. The number of aryl methyl sites for hydroxylation is 2. The molecule has 3 aliphatic heterocycles. The number of carbonyl (C=O) groups is 1. The number of likely N-dealkylation sites (N-methyl/N-ethyl adjacent to an activating group) is 1. The molecule has 1 N–H and O–H groups in total. The van der Waals surface area contributed by atoms with Crippen LogP contribution in [0.4, 0.5) is 5.69 Å². The van der Waals surface area contributed by atoms with Crippen molar-refractivity contribution in [2.24, 2.45) is 0 Å². The highest BCUT2D eigenvalue weighted by molar-refractivity contribution is 5.73. The van der Waals surface area contributed by atoms with Gasteiger partial charge in [0, 0.05) is 64.0 Å². The molecule has 0 saturated carbocycles. The van der Waals surface area contributed by atoms with E-state index in [4.69, 9.17) is 0 Å². The van der Waals surface area contributed by atoms with E-state index in [2.05, 4.69) is 46.7 Å². The van der Waals surface area contributed by atoms with Crippen molar-refractivity contribution in [2.45, 2.75) is 83.6 Å². The normalized spacial score (nSPS) is 27.9. The summed E-state index contributed by atoms with van der Waals surface area (Å²) in [6.07, 6.45) is 6.07. The molecule has 3 fully saturated rings. The van der Waals surface area contributed by atoms with Crippen molar-refractivity contribution in [3.05, 3.63) is 29.3 Å². The zero-order valence-corrected chi connectivity index (χ0v) is 20.5. The van der Waals surface area contributed by atoms with Gasteiger partial charge in [0.15, 0.2) is 0 Å². The monoisotopic (exact) mass is 442 g/mol. The van der Waals surface area contributed by atoms with Crippen LogP contribution in [0.3, 0.4) is 0 Å². The van der Waals surface area contributed by atoms with Crippen molar-refractivity contribution in [3.8, 4) is 0 Å². The fraction of sp³-hybridized carbons (Fsp3) is 0.731. The summed E-state index contributed by atoms with van der Waals surface area (Å²) >= 11 is 0. The van der Waals surface area contributed by atoms with Crippen LogP contribution in [0, 0.1) is 6.92 Å². The molecule has 0 aliphatic carbocycles. The topological polar surface area (TPSA) is 50.3 Å². The van der Waals surface area contributed by atoms with E-state index in [9.17, 15) is 9.90 Å². The summed E-state index contributed by atoms with van der Waals surface area (Å²) in [5, 5.41) is 10.7. The van der Waals surface area contributed by atoms with E-state index in [0.29, 0.717) is 6.04 Å². The minimum absolute atomic E-state index is 0.0983. The minimum Gasteiger partial charge on any atom is -0.378 e. The van der Waals surface area contributed by atoms with E-state index in [1.807, 2.05) is 11.9 Å². The summed E-state index contributed by atoms with van der Waals surface area (Å²) in [5.74, 6) is 0.0983. The molecule has 1 aromatic carbocycles. The van der Waals surface area contributed by atoms with Crippen molar-refractivity contribution in [2.75, 3.05) is 44.7 Å². The lowest BCUT2D eigenvalue weighted by atomic mass is 10.0. The number of hydrogen-bond acceptors (Lipinski definition) is 5. The van der Waals surface area contributed by atoms with Crippen LogP contribution in [0.2, 0.25) is 0 Å². The first-order valence-electron chi connectivity index (χ1n) is 12.6. The van der Waals surface area contributed by atoms with Crippen LogP contribution < -0.4 is 4.90 Å². The van der Waals surface area contributed by atoms with Crippen LogP contribution in [0.5, 0.6) is 0 Å². The predicted octanol–water partition coefficient (Wildman–Crippen LogP) is 2.86. The number of carbonyl (C=O) groups excluding carboxylic acids is 1. The third-order valence-electron chi connectivity index (χ3n) is 8.19. The first-order chi connectivity index (χ1) is 15.3. The second kappa shape index (κ2) is 10.1. The molecule has 32 heavy (non-hydrogen) atoms. The van der Waals surface area contributed by atoms with Gasteiger partial charge in [-0.1, -0.05) is 12.1 Å². The van der Waals surface area contributed by atoms with Crippen molar-refractivity contribution in [3.63, 3.8) is 0 Å². The first-order valence-corrected chi connectivity index (χ1v) is 12.6. The maximum Gasteiger partial charge on any atom is 0.219 e. The quantitative estimate of drug-likeness (QED) is 0.704. The van der Waals surface area contributed by atoms with Gasteiger partial charge in [0.2, 0.25) is 5.91 Å². The second-order valence-corrected chi connectivity index (χ2v) is 10.3. The molecule has 0 bridgehead atoms. The highest BCUT2D eigenvalue weighted by atomic mass is 16.3. The summed E-state index contributed by atoms with van der Waals surface area (Å²) in [6.45, 7) is 11.4. The second-order valence-electron chi connectivity index (χ2n) is 10.3. The van der Waals surface area contributed by atoms with Crippen LogP contribution in [0.15, 0.2) is 18.2 Å². The van der Waals surface area contributed by atoms with Crippen molar-refractivity contribution in [1.82, 2.24) is 14.7 Å². The van der Waals surface area contributed by atoms with E-state index in [-0.39, 0.29) is 11.9 Å². The van der Waals surface area contributed by atoms with E-state index in [1.54, 1.807) is 6.92 Å². The molecule has 178 valence electrons. The molecule has 0 spiro atoms. The van der Waals surface area contributed by atoms with E-state index >= 15 is 0 Å². The highest BCUT2D eigenvalue weighted by Crippen LogP contribution is 2.30. The first kappa shape index (κ1) is 23.5. The Labute approximate surface area is 194 Å². The predicted molar refractivity (Wildman–Crippen MR) is 130 cm³/mol. The SMILES string of the molecule is CC(=O)N(C)C1CCN(C(O)CCc2ccc(N3CCC(N4CCCC4C)C3)c(C)c2)C1. The standard InChI is InChI=1S/C26H42N4O2/c1-19-16-22(8-10-26(32)29-15-11-23(17-29)27(4)21(3)31)7-9-25(19)28-14-12-24(18-28)30-13-5-6-20(30)2/h7,9,16,20,23-24,26,32H,5-6,8,10-15,17-18H2,1-4H3. The molecule has 0 radical (unpaired) electrons. The Morgan fingerprint density at radius 1 is 1.19 bits per heavy atom. The van der Waals surface area contributed by atoms with Gasteiger partial charge in [-0.2, -0.15) is 0 Å². The van der Waals surface area contributed by atoms with Crippen LogP contribution in [0.25, 0.3) is 0 Å². The smallest absolute Gasteiger partial charge is 0.219 e. The number of anilines is 1. The van der Waals surface area contributed by atoms with Gasteiger partial charge in [-0.05, 0) is 76.1 Å². The van der Waals surface area contributed by atoms with Gasteiger partial charge in [0.1, 0.15) is 6.23 Å². The third-order valence-corrected chi connectivity index (χ3v) is 8.19. The lowest BCUT2D eigenvalue weighted by Gasteiger charge is -2.29. The molecule has 4 unspecified atom stereocenters. The summed E-state index contributed by atoms with van der Waals surface area (Å²) in [7, 11) is 1.86. The van der Waals surface area contributed by atoms with Gasteiger partial charge in [0.25, 0.3) is 0 Å². The van der Waals surface area contributed by atoms with Crippen LogP contribution in [-0.2, 0) is 11.2 Å². The molecule has 4 rings (SSSR count). The van der Waals surface area contributed by atoms with Gasteiger partial charge in [-0.3, -0.25) is 14.6 Å². The van der Waals surface area contributed by atoms with E-state index in [1.165, 1.54) is 42.6 Å². The fourth-order valence-electron chi connectivity index (χ4n) is 6.05. The summed E-state index contributed by atoms with van der Waals surface area (Å²) in [5.41, 5.74) is 4.01. The number of aliphatic hydroxyl groups excluding tert-OH is 1. The Morgan fingerprint density at radius 3 is 2.69 bits per heavy atom. The fourth-order valence-corrected chi connectivity index (χ4v) is 6.05. The Bertz CT molecular complexity index is 800. The van der Waals surface area contributed by atoms with Crippen LogP contribution in [0.1, 0.15) is 57.1 Å². The lowest BCUT2D eigenvalue weighted by Crippen LogP contribution is -2.40. The highest BCUT2D eigenvalue weighted by Gasteiger charge is 2.33.